The predicted octanol–water partition coefficient (Wildman–Crippen LogP) is 3.11. The number of benzene rings is 1. The van der Waals surface area contributed by atoms with E-state index in [9.17, 15) is 4.79 Å². The van der Waals surface area contributed by atoms with E-state index in [0.29, 0.717) is 12.3 Å². The largest absolute Gasteiger partial charge is 0.324 e. The van der Waals surface area contributed by atoms with Crippen LogP contribution in [0.4, 0.5) is 5.69 Å². The summed E-state index contributed by atoms with van der Waals surface area (Å²) < 4.78 is 0. The summed E-state index contributed by atoms with van der Waals surface area (Å²) in [4.78, 5) is 13.0. The Kier molecular flexibility index (Phi) is 6.22. The number of anilines is 1. The van der Waals surface area contributed by atoms with Crippen molar-refractivity contribution in [3.63, 3.8) is 0 Å². The van der Waals surface area contributed by atoms with Gasteiger partial charge in [-0.3, -0.25) is 4.79 Å². The lowest BCUT2D eigenvalue weighted by Crippen LogP contribution is -2.36. The van der Waals surface area contributed by atoms with Crippen LogP contribution in [0.25, 0.3) is 0 Å². The third-order valence-corrected chi connectivity index (χ3v) is 3.46. The van der Waals surface area contributed by atoms with E-state index < -0.39 is 6.04 Å². The van der Waals surface area contributed by atoms with Gasteiger partial charge in [-0.1, -0.05) is 32.9 Å². The highest BCUT2D eigenvalue weighted by atomic mass is 32.2. The van der Waals surface area contributed by atoms with Crippen LogP contribution in [0.3, 0.4) is 0 Å². The van der Waals surface area contributed by atoms with Gasteiger partial charge in [-0.2, -0.15) is 0 Å². The van der Waals surface area contributed by atoms with Crippen molar-refractivity contribution in [1.82, 2.24) is 0 Å². The van der Waals surface area contributed by atoms with Gasteiger partial charge in [0.25, 0.3) is 0 Å². The van der Waals surface area contributed by atoms with E-state index in [0.717, 1.165) is 16.3 Å². The summed E-state index contributed by atoms with van der Waals surface area (Å²) in [5, 5.41) is 2.92. The number of nitrogens with one attached hydrogen (secondary N) is 1. The number of rotatable bonds is 6. The molecule has 0 aliphatic rings. The maximum absolute atomic E-state index is 12.0. The van der Waals surface area contributed by atoms with Gasteiger partial charge in [0.05, 0.1) is 11.7 Å². The average Bonchev–Trinajstić information content (AvgIpc) is 2.31. The maximum atomic E-state index is 12.0. The Labute approximate surface area is 114 Å². The van der Waals surface area contributed by atoms with E-state index in [-0.39, 0.29) is 5.91 Å². The first kappa shape index (κ1) is 15.1. The van der Waals surface area contributed by atoms with E-state index in [1.807, 2.05) is 24.3 Å². The predicted molar refractivity (Wildman–Crippen MR) is 78.9 cm³/mol. The zero-order valence-electron chi connectivity index (χ0n) is 11.3. The minimum Gasteiger partial charge on any atom is -0.324 e. The van der Waals surface area contributed by atoms with Crippen LogP contribution in [-0.4, -0.2) is 17.7 Å². The molecule has 4 heteroatoms. The highest BCUT2D eigenvalue weighted by Crippen LogP contribution is 2.26. The van der Waals surface area contributed by atoms with Crippen LogP contribution in [0.2, 0.25) is 0 Å². The fourth-order valence-electron chi connectivity index (χ4n) is 1.69. The summed E-state index contributed by atoms with van der Waals surface area (Å²) in [6.45, 7) is 6.22. The maximum Gasteiger partial charge on any atom is 0.241 e. The van der Waals surface area contributed by atoms with Gasteiger partial charge in [0.15, 0.2) is 0 Å². The Balaban J connectivity index is 2.69. The molecule has 1 atom stereocenters. The molecule has 0 radical (unpaired) electrons. The van der Waals surface area contributed by atoms with Crippen LogP contribution >= 0.6 is 11.8 Å². The number of thioether (sulfide) groups is 1. The van der Waals surface area contributed by atoms with Crippen molar-refractivity contribution >= 4 is 23.4 Å². The van der Waals surface area contributed by atoms with Gasteiger partial charge in [-0.05, 0) is 30.2 Å². The van der Waals surface area contributed by atoms with Gasteiger partial charge >= 0.3 is 0 Å². The number of para-hydroxylation sites is 1. The molecular weight excluding hydrogens is 244 g/mol. The summed E-state index contributed by atoms with van der Waals surface area (Å²) in [7, 11) is 0. The molecule has 0 aliphatic heterocycles. The van der Waals surface area contributed by atoms with Crippen LogP contribution in [0.5, 0.6) is 0 Å². The van der Waals surface area contributed by atoms with E-state index in [1.165, 1.54) is 0 Å². The van der Waals surface area contributed by atoms with Gasteiger partial charge in [0.1, 0.15) is 0 Å². The topological polar surface area (TPSA) is 55.1 Å². The minimum atomic E-state index is -0.440. The lowest BCUT2D eigenvalue weighted by molar-refractivity contribution is -0.117. The molecule has 0 spiro atoms. The molecule has 3 nitrogen and oxygen atoms in total. The first-order valence-corrected chi connectivity index (χ1v) is 7.31. The number of amides is 1. The van der Waals surface area contributed by atoms with E-state index in [4.69, 9.17) is 5.73 Å². The van der Waals surface area contributed by atoms with Gasteiger partial charge in [-0.15, -0.1) is 11.8 Å². The Hall–Kier alpha value is -1.00. The summed E-state index contributed by atoms with van der Waals surface area (Å²) >= 11 is 1.71. The van der Waals surface area contributed by atoms with Gasteiger partial charge in [-0.25, -0.2) is 0 Å². The molecule has 0 aromatic heterocycles. The molecule has 1 aromatic carbocycles. The van der Waals surface area contributed by atoms with Crippen molar-refractivity contribution in [2.75, 3.05) is 11.1 Å². The normalized spacial score (nSPS) is 12.5. The standard InChI is InChI=1S/C14H22N2OS/c1-4-18-13-8-6-5-7-12(13)16-14(17)11(15)9-10(2)3/h5-8,10-11H,4,9,15H2,1-3H3,(H,16,17)/t11-/m1/s1. The van der Waals surface area contributed by atoms with Crippen molar-refractivity contribution in [2.24, 2.45) is 11.7 Å². The van der Waals surface area contributed by atoms with Crippen molar-refractivity contribution in [1.29, 1.82) is 0 Å². The Morgan fingerprint density at radius 1 is 1.39 bits per heavy atom. The van der Waals surface area contributed by atoms with Gasteiger partial charge in [0.2, 0.25) is 5.91 Å². The monoisotopic (exact) mass is 266 g/mol. The molecule has 0 aliphatic carbocycles. The van der Waals surface area contributed by atoms with Crippen molar-refractivity contribution in [2.45, 2.75) is 38.1 Å². The second-order valence-corrected chi connectivity index (χ2v) is 5.96. The molecule has 18 heavy (non-hydrogen) atoms. The van der Waals surface area contributed by atoms with Crippen LogP contribution in [0.1, 0.15) is 27.2 Å². The van der Waals surface area contributed by atoms with Gasteiger partial charge < -0.3 is 11.1 Å². The van der Waals surface area contributed by atoms with E-state index in [1.54, 1.807) is 11.8 Å². The quantitative estimate of drug-likeness (QED) is 0.778. The molecule has 1 amide bonds. The summed E-state index contributed by atoms with van der Waals surface area (Å²) in [5.41, 5.74) is 6.73. The fourth-order valence-corrected chi connectivity index (χ4v) is 2.45. The molecular formula is C14H22N2OS. The molecule has 0 heterocycles. The SMILES string of the molecule is CCSc1ccccc1NC(=O)[C@H](N)CC(C)C. The molecule has 0 fully saturated rings. The second-order valence-electron chi connectivity index (χ2n) is 4.65. The third-order valence-electron chi connectivity index (χ3n) is 2.51. The first-order valence-electron chi connectivity index (χ1n) is 6.32. The van der Waals surface area contributed by atoms with Crippen molar-refractivity contribution in [3.05, 3.63) is 24.3 Å². The molecule has 0 saturated heterocycles. The zero-order chi connectivity index (χ0) is 13.5. The van der Waals surface area contributed by atoms with E-state index >= 15 is 0 Å². The van der Waals surface area contributed by atoms with Crippen LogP contribution in [0.15, 0.2) is 29.2 Å². The lowest BCUT2D eigenvalue weighted by atomic mass is 10.0. The van der Waals surface area contributed by atoms with Crippen molar-refractivity contribution in [3.8, 4) is 0 Å². The number of carbonyl (C=O) groups excluding carboxylic acids is 1. The molecule has 0 unspecified atom stereocenters. The highest BCUT2D eigenvalue weighted by molar-refractivity contribution is 7.99. The summed E-state index contributed by atoms with van der Waals surface area (Å²) in [6, 6.07) is 7.38. The minimum absolute atomic E-state index is 0.104. The smallest absolute Gasteiger partial charge is 0.241 e. The average molecular weight is 266 g/mol. The summed E-state index contributed by atoms with van der Waals surface area (Å²) in [5.74, 6) is 1.30. The lowest BCUT2D eigenvalue weighted by Gasteiger charge is -2.15. The van der Waals surface area contributed by atoms with E-state index in [2.05, 4.69) is 26.1 Å². The van der Waals surface area contributed by atoms with Crippen LogP contribution in [-0.2, 0) is 4.79 Å². The zero-order valence-corrected chi connectivity index (χ0v) is 12.1. The summed E-state index contributed by atoms with van der Waals surface area (Å²) in [6.07, 6.45) is 0.703. The molecule has 1 rings (SSSR count). The Morgan fingerprint density at radius 2 is 2.06 bits per heavy atom. The number of nitrogens with two attached hydrogens (primary N) is 1. The molecule has 3 N–H and O–H groups in total. The number of hydrogen-bond donors (Lipinski definition) is 2. The fraction of sp³-hybridized carbons (Fsp3) is 0.500. The molecule has 0 bridgehead atoms. The number of carbonyl (C=O) groups is 1. The molecule has 0 saturated carbocycles. The Bertz CT molecular complexity index is 393. The first-order chi connectivity index (χ1) is 8.54. The second kappa shape index (κ2) is 7.44. The molecule has 100 valence electrons. The van der Waals surface area contributed by atoms with Crippen LogP contribution in [0, 0.1) is 5.92 Å². The van der Waals surface area contributed by atoms with Crippen molar-refractivity contribution < 1.29 is 4.79 Å². The highest BCUT2D eigenvalue weighted by Gasteiger charge is 2.16. The number of hydrogen-bond acceptors (Lipinski definition) is 3. The third kappa shape index (κ3) is 4.70. The van der Waals surface area contributed by atoms with Gasteiger partial charge in [0, 0.05) is 4.90 Å². The Morgan fingerprint density at radius 3 is 2.67 bits per heavy atom. The van der Waals surface area contributed by atoms with Crippen LogP contribution < -0.4 is 11.1 Å². The molecule has 1 aromatic rings.